The number of aromatic nitrogens is 1. The van der Waals surface area contributed by atoms with Gasteiger partial charge < -0.3 is 14.6 Å². The lowest BCUT2D eigenvalue weighted by molar-refractivity contribution is -0.0209. The Balaban J connectivity index is 1.61. The van der Waals surface area contributed by atoms with Gasteiger partial charge in [-0.1, -0.05) is 12.1 Å². The summed E-state index contributed by atoms with van der Waals surface area (Å²) in [6, 6.07) is 17.0. The summed E-state index contributed by atoms with van der Waals surface area (Å²) in [7, 11) is 1.65. The molecule has 1 aromatic heterocycles. The monoisotopic (exact) mass is 373 g/mol. The standard InChI is InChI=1S/C22H19N3O3/c1-27-20-4-2-3-17-19-13-18(14-5-7-16(26)8-6-14)24-25(19)22(28-21(17)20)15-9-11-23-12-10-15/h2-12,19,22,26H,13H2,1H3/t19-,22+/m0/s1. The summed E-state index contributed by atoms with van der Waals surface area (Å²) >= 11 is 0. The second kappa shape index (κ2) is 6.56. The number of ether oxygens (including phenoxy) is 2. The Morgan fingerprint density at radius 2 is 1.86 bits per heavy atom. The van der Waals surface area contributed by atoms with Gasteiger partial charge in [0, 0.05) is 29.9 Å². The largest absolute Gasteiger partial charge is 0.508 e. The molecule has 2 aliphatic rings. The molecule has 3 aromatic rings. The van der Waals surface area contributed by atoms with E-state index in [1.165, 1.54) is 0 Å². The fraction of sp³-hybridized carbons (Fsp3) is 0.182. The van der Waals surface area contributed by atoms with Gasteiger partial charge in [-0.25, -0.2) is 5.01 Å². The van der Waals surface area contributed by atoms with E-state index in [4.69, 9.17) is 14.6 Å². The van der Waals surface area contributed by atoms with Crippen LogP contribution in [0.25, 0.3) is 0 Å². The highest BCUT2D eigenvalue weighted by molar-refractivity contribution is 6.02. The first-order valence-electron chi connectivity index (χ1n) is 9.13. The summed E-state index contributed by atoms with van der Waals surface area (Å²) in [5, 5.41) is 16.5. The fourth-order valence-corrected chi connectivity index (χ4v) is 3.82. The SMILES string of the molecule is COc1cccc2c1O[C@H](c1ccncc1)N1N=C(c3ccc(O)cc3)C[C@@H]21. The van der Waals surface area contributed by atoms with Gasteiger partial charge in [0.2, 0.25) is 6.23 Å². The Bertz CT molecular complexity index is 1030. The fourth-order valence-electron chi connectivity index (χ4n) is 3.82. The van der Waals surface area contributed by atoms with E-state index in [0.717, 1.165) is 34.6 Å². The molecule has 0 saturated carbocycles. The summed E-state index contributed by atoms with van der Waals surface area (Å²) in [4.78, 5) is 4.12. The summed E-state index contributed by atoms with van der Waals surface area (Å²) < 4.78 is 11.9. The average Bonchev–Trinajstić information content (AvgIpc) is 3.19. The van der Waals surface area contributed by atoms with Crippen LogP contribution in [0.3, 0.4) is 0 Å². The minimum atomic E-state index is -0.369. The number of aromatic hydroxyl groups is 1. The molecule has 140 valence electrons. The molecule has 0 saturated heterocycles. The predicted molar refractivity (Wildman–Crippen MR) is 104 cm³/mol. The number of hydrazone groups is 1. The van der Waals surface area contributed by atoms with Crippen molar-refractivity contribution in [1.29, 1.82) is 0 Å². The van der Waals surface area contributed by atoms with Crippen LogP contribution in [-0.4, -0.2) is 27.9 Å². The lowest BCUT2D eigenvalue weighted by atomic mass is 9.95. The molecule has 2 atom stereocenters. The number of methoxy groups -OCH3 is 1. The molecule has 0 spiro atoms. The van der Waals surface area contributed by atoms with Gasteiger partial charge in [-0.15, -0.1) is 0 Å². The third-order valence-electron chi connectivity index (χ3n) is 5.19. The molecule has 2 aromatic carbocycles. The number of phenols is 1. The molecule has 2 aliphatic heterocycles. The van der Waals surface area contributed by atoms with Crippen molar-refractivity contribution in [2.24, 2.45) is 5.10 Å². The highest BCUT2D eigenvalue weighted by Gasteiger charge is 2.42. The first kappa shape index (κ1) is 16.6. The molecule has 1 N–H and O–H groups in total. The van der Waals surface area contributed by atoms with Gasteiger partial charge in [-0.3, -0.25) is 4.98 Å². The number of fused-ring (bicyclic) bond motifs is 3. The summed E-state index contributed by atoms with van der Waals surface area (Å²) in [5.41, 5.74) is 3.99. The molecule has 0 fully saturated rings. The maximum Gasteiger partial charge on any atom is 0.214 e. The van der Waals surface area contributed by atoms with E-state index in [1.54, 1.807) is 31.6 Å². The van der Waals surface area contributed by atoms with Crippen molar-refractivity contribution < 1.29 is 14.6 Å². The molecule has 6 nitrogen and oxygen atoms in total. The minimum absolute atomic E-state index is 0.0424. The number of rotatable bonds is 3. The number of pyridine rings is 1. The van der Waals surface area contributed by atoms with E-state index >= 15 is 0 Å². The molecule has 0 radical (unpaired) electrons. The van der Waals surface area contributed by atoms with Crippen molar-refractivity contribution >= 4 is 5.71 Å². The quantitative estimate of drug-likeness (QED) is 0.751. The molecule has 3 heterocycles. The van der Waals surface area contributed by atoms with Gasteiger partial charge in [0.1, 0.15) is 5.75 Å². The summed E-state index contributed by atoms with van der Waals surface area (Å²) in [6.45, 7) is 0. The molecule has 5 rings (SSSR count). The second-order valence-corrected chi connectivity index (χ2v) is 6.82. The normalized spacial score (nSPS) is 20.0. The highest BCUT2D eigenvalue weighted by atomic mass is 16.5. The smallest absolute Gasteiger partial charge is 0.214 e. The number of para-hydroxylation sites is 1. The Morgan fingerprint density at radius 1 is 1.07 bits per heavy atom. The number of hydrogen-bond acceptors (Lipinski definition) is 6. The van der Waals surface area contributed by atoms with Crippen molar-refractivity contribution in [2.75, 3.05) is 7.11 Å². The van der Waals surface area contributed by atoms with Gasteiger partial charge in [0.05, 0.1) is 18.9 Å². The number of benzene rings is 2. The molecule has 28 heavy (non-hydrogen) atoms. The van der Waals surface area contributed by atoms with Gasteiger partial charge in [-0.05, 0) is 48.0 Å². The molecule has 0 aliphatic carbocycles. The maximum absolute atomic E-state index is 9.59. The molecule has 0 amide bonds. The zero-order valence-corrected chi connectivity index (χ0v) is 15.3. The molecule has 6 heteroatoms. The van der Waals surface area contributed by atoms with E-state index in [2.05, 4.69) is 11.1 Å². The molecule has 0 bridgehead atoms. The Morgan fingerprint density at radius 3 is 2.61 bits per heavy atom. The zero-order chi connectivity index (χ0) is 19.1. The lowest BCUT2D eigenvalue weighted by Crippen LogP contribution is -2.33. The number of hydrogen-bond donors (Lipinski definition) is 1. The van der Waals surface area contributed by atoms with Gasteiger partial charge in [0.25, 0.3) is 0 Å². The minimum Gasteiger partial charge on any atom is -0.508 e. The Kier molecular flexibility index (Phi) is 3.90. The first-order chi connectivity index (χ1) is 13.7. The van der Waals surface area contributed by atoms with Crippen molar-refractivity contribution in [3.63, 3.8) is 0 Å². The van der Waals surface area contributed by atoms with E-state index in [1.807, 2.05) is 41.4 Å². The number of phenolic OH excluding ortho intramolecular Hbond substituents is 1. The van der Waals surface area contributed by atoms with Crippen LogP contribution in [0.4, 0.5) is 0 Å². The first-order valence-corrected chi connectivity index (χ1v) is 9.13. The zero-order valence-electron chi connectivity index (χ0n) is 15.3. The van der Waals surface area contributed by atoms with Crippen molar-refractivity contribution in [3.05, 3.63) is 83.7 Å². The van der Waals surface area contributed by atoms with Crippen LogP contribution >= 0.6 is 0 Å². The summed E-state index contributed by atoms with van der Waals surface area (Å²) in [5.74, 6) is 1.72. The van der Waals surface area contributed by atoms with Crippen LogP contribution in [0.1, 0.15) is 35.4 Å². The van der Waals surface area contributed by atoms with Crippen molar-refractivity contribution in [3.8, 4) is 17.2 Å². The number of nitrogens with zero attached hydrogens (tertiary/aromatic N) is 3. The van der Waals surface area contributed by atoms with Gasteiger partial charge >= 0.3 is 0 Å². The van der Waals surface area contributed by atoms with Crippen LogP contribution in [0, 0.1) is 0 Å². The van der Waals surface area contributed by atoms with E-state index < -0.39 is 0 Å². The van der Waals surface area contributed by atoms with Gasteiger partial charge in [0.15, 0.2) is 11.5 Å². The van der Waals surface area contributed by atoms with Crippen LogP contribution in [-0.2, 0) is 0 Å². The van der Waals surface area contributed by atoms with Crippen LogP contribution in [0.15, 0.2) is 72.1 Å². The summed E-state index contributed by atoms with van der Waals surface area (Å²) in [6.07, 6.45) is 3.89. The van der Waals surface area contributed by atoms with Crippen LogP contribution in [0.5, 0.6) is 17.2 Å². The lowest BCUT2D eigenvalue weighted by Gasteiger charge is -2.38. The average molecular weight is 373 g/mol. The Hall–Kier alpha value is -3.54. The van der Waals surface area contributed by atoms with E-state index in [-0.39, 0.29) is 18.0 Å². The van der Waals surface area contributed by atoms with Crippen molar-refractivity contribution in [2.45, 2.75) is 18.7 Å². The topological polar surface area (TPSA) is 67.2 Å². The third kappa shape index (κ3) is 2.65. The predicted octanol–water partition coefficient (Wildman–Crippen LogP) is 4.04. The maximum atomic E-state index is 9.59. The van der Waals surface area contributed by atoms with Crippen molar-refractivity contribution in [1.82, 2.24) is 9.99 Å². The van der Waals surface area contributed by atoms with E-state index in [9.17, 15) is 5.11 Å². The molecular formula is C22H19N3O3. The second-order valence-electron chi connectivity index (χ2n) is 6.82. The van der Waals surface area contributed by atoms with Crippen LogP contribution < -0.4 is 9.47 Å². The third-order valence-corrected chi connectivity index (χ3v) is 5.19. The van der Waals surface area contributed by atoms with Gasteiger partial charge in [-0.2, -0.15) is 5.10 Å². The molecule has 0 unspecified atom stereocenters. The molecular weight excluding hydrogens is 354 g/mol. The van der Waals surface area contributed by atoms with E-state index in [0.29, 0.717) is 5.75 Å². The highest BCUT2D eigenvalue weighted by Crippen LogP contribution is 2.50. The van der Waals surface area contributed by atoms with Crippen LogP contribution in [0.2, 0.25) is 0 Å². The Labute approximate surface area is 162 Å².